The van der Waals surface area contributed by atoms with Gasteiger partial charge in [-0.25, -0.2) is 0 Å². The molecule has 0 saturated carbocycles. The molecule has 0 aromatic carbocycles. The molecule has 0 bridgehead atoms. The van der Waals surface area contributed by atoms with Gasteiger partial charge in [-0.15, -0.1) is 11.8 Å². The molecule has 1 aliphatic heterocycles. The zero-order chi connectivity index (χ0) is 6.85. The Morgan fingerprint density at radius 3 is 2.56 bits per heavy atom. The first-order chi connectivity index (χ1) is 4.22. The van der Waals surface area contributed by atoms with Crippen LogP contribution in [0.5, 0.6) is 0 Å². The van der Waals surface area contributed by atoms with E-state index in [0.29, 0.717) is 6.42 Å². The second-order valence-corrected chi connectivity index (χ2v) is 3.24. The van der Waals surface area contributed by atoms with Gasteiger partial charge in [0.05, 0.1) is 6.10 Å². The summed E-state index contributed by atoms with van der Waals surface area (Å²) in [6.45, 7) is 0. The SMILES string of the molecule is O=C(O)[C@H]1SCC[C@@H]1O. The molecule has 1 heterocycles. The van der Waals surface area contributed by atoms with E-state index in [-0.39, 0.29) is 0 Å². The molecule has 0 aromatic rings. The Bertz CT molecular complexity index is 125. The van der Waals surface area contributed by atoms with Crippen LogP contribution in [0.4, 0.5) is 0 Å². The van der Waals surface area contributed by atoms with Crippen LogP contribution in [-0.2, 0) is 4.79 Å². The minimum atomic E-state index is -0.898. The third kappa shape index (κ3) is 1.37. The quantitative estimate of drug-likeness (QED) is 0.547. The van der Waals surface area contributed by atoms with Crippen LogP contribution < -0.4 is 0 Å². The maximum absolute atomic E-state index is 10.2. The number of aliphatic carboxylic acids is 1. The monoisotopic (exact) mass is 148 g/mol. The fourth-order valence-corrected chi connectivity index (χ4v) is 1.95. The van der Waals surface area contributed by atoms with Gasteiger partial charge in [0, 0.05) is 0 Å². The Hall–Kier alpha value is -0.220. The molecule has 4 heteroatoms. The van der Waals surface area contributed by atoms with Crippen LogP contribution in [0, 0.1) is 0 Å². The highest BCUT2D eigenvalue weighted by atomic mass is 32.2. The van der Waals surface area contributed by atoms with E-state index < -0.39 is 17.3 Å². The highest BCUT2D eigenvalue weighted by Crippen LogP contribution is 2.26. The highest BCUT2D eigenvalue weighted by molar-refractivity contribution is 8.00. The molecule has 2 N–H and O–H groups in total. The van der Waals surface area contributed by atoms with Crippen molar-refractivity contribution in [3.8, 4) is 0 Å². The van der Waals surface area contributed by atoms with E-state index in [9.17, 15) is 4.79 Å². The molecule has 0 aromatic heterocycles. The van der Waals surface area contributed by atoms with Crippen molar-refractivity contribution in [2.75, 3.05) is 5.75 Å². The second kappa shape index (κ2) is 2.58. The van der Waals surface area contributed by atoms with Crippen molar-refractivity contribution < 1.29 is 15.0 Å². The third-order valence-corrected chi connectivity index (χ3v) is 2.65. The summed E-state index contributed by atoms with van der Waals surface area (Å²) in [5, 5.41) is 16.8. The normalized spacial score (nSPS) is 34.8. The highest BCUT2D eigenvalue weighted by Gasteiger charge is 2.31. The van der Waals surface area contributed by atoms with E-state index in [1.54, 1.807) is 0 Å². The van der Waals surface area contributed by atoms with Crippen LogP contribution in [0.25, 0.3) is 0 Å². The first-order valence-electron chi connectivity index (χ1n) is 2.74. The Morgan fingerprint density at radius 2 is 2.33 bits per heavy atom. The van der Waals surface area contributed by atoms with Crippen molar-refractivity contribution in [1.82, 2.24) is 0 Å². The molecule has 0 radical (unpaired) electrons. The average molecular weight is 148 g/mol. The summed E-state index contributed by atoms with van der Waals surface area (Å²) in [4.78, 5) is 10.2. The molecule has 2 atom stereocenters. The number of aliphatic hydroxyl groups is 1. The van der Waals surface area contributed by atoms with Crippen LogP contribution in [0.15, 0.2) is 0 Å². The lowest BCUT2D eigenvalue weighted by molar-refractivity contribution is -0.138. The van der Waals surface area contributed by atoms with Crippen molar-refractivity contribution in [3.05, 3.63) is 0 Å². The van der Waals surface area contributed by atoms with Crippen LogP contribution in [0.2, 0.25) is 0 Å². The van der Waals surface area contributed by atoms with E-state index in [1.165, 1.54) is 11.8 Å². The molecule has 0 aliphatic carbocycles. The Labute approximate surface area is 57.1 Å². The number of carbonyl (C=O) groups is 1. The maximum Gasteiger partial charge on any atom is 0.319 e. The van der Waals surface area contributed by atoms with Gasteiger partial charge in [-0.3, -0.25) is 4.79 Å². The molecule has 3 nitrogen and oxygen atoms in total. The first-order valence-corrected chi connectivity index (χ1v) is 3.79. The minimum absolute atomic E-state index is 0.579. The van der Waals surface area contributed by atoms with Crippen molar-refractivity contribution in [1.29, 1.82) is 0 Å². The lowest BCUT2D eigenvalue weighted by Crippen LogP contribution is -2.25. The number of carboxylic acids is 1. The summed E-state index contributed by atoms with van der Waals surface area (Å²) >= 11 is 1.31. The van der Waals surface area contributed by atoms with Gasteiger partial charge < -0.3 is 10.2 Å². The molecule has 1 fully saturated rings. The summed E-state index contributed by atoms with van der Waals surface area (Å²) in [5.74, 6) is -0.136. The number of hydrogen-bond acceptors (Lipinski definition) is 3. The summed E-state index contributed by atoms with van der Waals surface area (Å²) in [5.41, 5.74) is 0. The molecule has 52 valence electrons. The Balaban J connectivity index is 2.49. The number of rotatable bonds is 1. The summed E-state index contributed by atoms with van der Waals surface area (Å²) in [6.07, 6.45) is -0.0192. The Morgan fingerprint density at radius 1 is 1.67 bits per heavy atom. The van der Waals surface area contributed by atoms with Gasteiger partial charge in [-0.2, -0.15) is 0 Å². The summed E-state index contributed by atoms with van der Waals surface area (Å²) in [7, 11) is 0. The zero-order valence-corrected chi connectivity index (χ0v) is 5.60. The number of carboxylic acid groups (broad SMARTS) is 1. The maximum atomic E-state index is 10.2. The number of aliphatic hydroxyl groups excluding tert-OH is 1. The first kappa shape index (κ1) is 6.89. The average Bonchev–Trinajstić information content (AvgIpc) is 2.13. The molecule has 9 heavy (non-hydrogen) atoms. The smallest absolute Gasteiger partial charge is 0.319 e. The van der Waals surface area contributed by atoms with Gasteiger partial charge in [0.25, 0.3) is 0 Å². The van der Waals surface area contributed by atoms with Crippen LogP contribution in [-0.4, -0.2) is 33.3 Å². The fourth-order valence-electron chi connectivity index (χ4n) is 0.814. The standard InChI is InChI=1S/C5H8O3S/c6-3-1-2-9-4(3)5(7)8/h3-4,6H,1-2H2,(H,7,8)/t3-,4-/m0/s1. The predicted molar refractivity (Wildman–Crippen MR) is 34.5 cm³/mol. The lowest BCUT2D eigenvalue weighted by Gasteiger charge is -2.05. The van der Waals surface area contributed by atoms with Gasteiger partial charge >= 0.3 is 5.97 Å². The van der Waals surface area contributed by atoms with Crippen LogP contribution in [0.1, 0.15) is 6.42 Å². The topological polar surface area (TPSA) is 57.5 Å². The molecular formula is C5H8O3S. The molecule has 0 amide bonds. The fraction of sp³-hybridized carbons (Fsp3) is 0.800. The number of thioether (sulfide) groups is 1. The van der Waals surface area contributed by atoms with Crippen molar-refractivity contribution >= 4 is 17.7 Å². The van der Waals surface area contributed by atoms with Crippen molar-refractivity contribution in [2.24, 2.45) is 0 Å². The molecule has 0 spiro atoms. The van der Waals surface area contributed by atoms with Gasteiger partial charge in [-0.1, -0.05) is 0 Å². The zero-order valence-electron chi connectivity index (χ0n) is 4.78. The largest absolute Gasteiger partial charge is 0.480 e. The van der Waals surface area contributed by atoms with Crippen LogP contribution in [0.3, 0.4) is 0 Å². The van der Waals surface area contributed by atoms with E-state index in [4.69, 9.17) is 10.2 Å². The molecular weight excluding hydrogens is 140 g/mol. The molecule has 1 saturated heterocycles. The van der Waals surface area contributed by atoms with E-state index in [0.717, 1.165) is 5.75 Å². The summed E-state index contributed by atoms with van der Waals surface area (Å²) in [6, 6.07) is 0. The van der Waals surface area contributed by atoms with Crippen molar-refractivity contribution in [3.63, 3.8) is 0 Å². The second-order valence-electron chi connectivity index (χ2n) is 1.99. The minimum Gasteiger partial charge on any atom is -0.480 e. The number of hydrogen-bond donors (Lipinski definition) is 2. The van der Waals surface area contributed by atoms with E-state index in [2.05, 4.69) is 0 Å². The third-order valence-electron chi connectivity index (χ3n) is 1.30. The molecule has 1 rings (SSSR count). The van der Waals surface area contributed by atoms with Gasteiger partial charge in [0.2, 0.25) is 0 Å². The lowest BCUT2D eigenvalue weighted by atomic mass is 10.2. The van der Waals surface area contributed by atoms with E-state index >= 15 is 0 Å². The summed E-state index contributed by atoms with van der Waals surface area (Å²) < 4.78 is 0. The van der Waals surface area contributed by atoms with Gasteiger partial charge in [0.1, 0.15) is 5.25 Å². The molecule has 1 aliphatic rings. The van der Waals surface area contributed by atoms with Gasteiger partial charge in [-0.05, 0) is 12.2 Å². The predicted octanol–water partition coefficient (Wildman–Crippen LogP) is -0.0626. The van der Waals surface area contributed by atoms with Crippen LogP contribution >= 0.6 is 11.8 Å². The van der Waals surface area contributed by atoms with E-state index in [1.807, 2.05) is 0 Å². The van der Waals surface area contributed by atoms with Crippen molar-refractivity contribution in [2.45, 2.75) is 17.8 Å². The van der Waals surface area contributed by atoms with Gasteiger partial charge in [0.15, 0.2) is 0 Å². The Kier molecular flexibility index (Phi) is 1.97. The molecule has 0 unspecified atom stereocenters.